The lowest BCUT2D eigenvalue weighted by Gasteiger charge is -2.17. The first-order valence-electron chi connectivity index (χ1n) is 4.63. The van der Waals surface area contributed by atoms with Crippen LogP contribution in [0.25, 0.3) is 0 Å². The Morgan fingerprint density at radius 1 is 1.29 bits per heavy atom. The number of hydrogen-bond donors (Lipinski definition) is 1. The molecule has 0 aromatic heterocycles. The van der Waals surface area contributed by atoms with Crippen molar-refractivity contribution < 1.29 is 4.74 Å². The summed E-state index contributed by atoms with van der Waals surface area (Å²) in [7, 11) is 0. The van der Waals surface area contributed by atoms with Crippen molar-refractivity contribution >= 4 is 28.6 Å². The number of nitriles is 2. The lowest BCUT2D eigenvalue weighted by molar-refractivity contribution is 0.187. The zero-order valence-corrected chi connectivity index (χ0v) is 10.0. The van der Waals surface area contributed by atoms with Gasteiger partial charge in [0.05, 0.1) is 0 Å². The highest BCUT2D eigenvalue weighted by Crippen LogP contribution is 2.47. The predicted octanol–water partition coefficient (Wildman–Crippen LogP) is 2.87. The summed E-state index contributed by atoms with van der Waals surface area (Å²) in [4.78, 5) is 0. The fourth-order valence-corrected chi connectivity index (χ4v) is 2.67. The van der Waals surface area contributed by atoms with Gasteiger partial charge >= 0.3 is 0 Å². The van der Waals surface area contributed by atoms with Crippen LogP contribution in [-0.2, 0) is 4.74 Å². The van der Waals surface area contributed by atoms with Gasteiger partial charge in [0.25, 0.3) is 5.60 Å². The van der Waals surface area contributed by atoms with Crippen LogP contribution in [0.1, 0.15) is 10.8 Å². The van der Waals surface area contributed by atoms with Crippen LogP contribution >= 0.6 is 23.4 Å². The molecule has 84 valence electrons. The molecule has 0 amide bonds. The molecule has 0 spiro atoms. The quantitative estimate of drug-likeness (QED) is 0.845. The summed E-state index contributed by atoms with van der Waals surface area (Å²) >= 11 is 6.83. The van der Waals surface area contributed by atoms with Gasteiger partial charge in [0.2, 0.25) is 5.23 Å². The molecule has 1 heterocycles. The molecule has 0 saturated carbocycles. The molecule has 17 heavy (non-hydrogen) atoms. The first kappa shape index (κ1) is 11.8. The van der Waals surface area contributed by atoms with Crippen molar-refractivity contribution in [2.45, 2.75) is 10.9 Å². The molecule has 0 bridgehead atoms. The largest absolute Gasteiger partial charge is 0.436 e. The molecular weight excluding hydrogens is 258 g/mol. The number of hydrogen-bond acceptors (Lipinski definition) is 5. The molecule has 1 aromatic rings. The minimum Gasteiger partial charge on any atom is -0.436 e. The maximum atomic E-state index is 9.09. The Labute approximate surface area is 107 Å². The maximum Gasteiger partial charge on any atom is 0.298 e. The van der Waals surface area contributed by atoms with Crippen molar-refractivity contribution in [3.8, 4) is 12.1 Å². The van der Waals surface area contributed by atoms with Crippen molar-refractivity contribution in [1.29, 1.82) is 15.9 Å². The highest BCUT2D eigenvalue weighted by molar-refractivity contribution is 8.14. The topological polar surface area (TPSA) is 80.7 Å². The Kier molecular flexibility index (Phi) is 2.97. The summed E-state index contributed by atoms with van der Waals surface area (Å²) in [5.41, 5.74) is -0.889. The number of nitrogens with one attached hydrogen (secondary N) is 1. The Bertz CT molecular complexity index is 529. The summed E-state index contributed by atoms with van der Waals surface area (Å²) < 4.78 is 5.04. The van der Waals surface area contributed by atoms with E-state index in [0.717, 1.165) is 17.3 Å². The third-order valence-electron chi connectivity index (χ3n) is 2.35. The average molecular weight is 264 g/mol. The van der Waals surface area contributed by atoms with E-state index in [1.807, 2.05) is 12.1 Å². The van der Waals surface area contributed by atoms with Crippen molar-refractivity contribution in [2.75, 3.05) is 0 Å². The van der Waals surface area contributed by atoms with Crippen LogP contribution in [0.2, 0.25) is 5.02 Å². The Hall–Kier alpha value is -1.69. The number of nitrogens with zero attached hydrogens (tertiary/aromatic N) is 2. The van der Waals surface area contributed by atoms with Crippen LogP contribution in [0.15, 0.2) is 24.3 Å². The number of rotatable bonds is 1. The molecule has 1 atom stereocenters. The maximum absolute atomic E-state index is 9.09. The molecule has 6 heteroatoms. The smallest absolute Gasteiger partial charge is 0.298 e. The van der Waals surface area contributed by atoms with Crippen molar-refractivity contribution in [1.82, 2.24) is 0 Å². The third-order valence-corrected chi connectivity index (χ3v) is 3.74. The first-order valence-corrected chi connectivity index (χ1v) is 5.89. The van der Waals surface area contributed by atoms with Gasteiger partial charge in [-0.15, -0.1) is 0 Å². The standard InChI is InChI=1S/C11H6ClN3OS/c12-8-3-1-7(2-4-8)9-11(5-13,6-14)16-10(15)17-9/h1-4,9,15H. The fraction of sp³-hybridized carbons (Fsp3) is 0.182. The molecule has 2 rings (SSSR count). The molecule has 1 unspecified atom stereocenters. The minimum atomic E-state index is -1.63. The number of halogens is 1. The normalized spacial score (nSPS) is 21.4. The monoisotopic (exact) mass is 263 g/mol. The summed E-state index contributed by atoms with van der Waals surface area (Å²) in [5, 5.41) is 25.6. The van der Waals surface area contributed by atoms with E-state index in [-0.39, 0.29) is 5.23 Å². The highest BCUT2D eigenvalue weighted by atomic mass is 35.5. The van der Waals surface area contributed by atoms with Gasteiger partial charge in [0.1, 0.15) is 17.4 Å². The second kappa shape index (κ2) is 4.29. The van der Waals surface area contributed by atoms with E-state index in [4.69, 9.17) is 32.3 Å². The molecule has 1 N–H and O–H groups in total. The fourth-order valence-electron chi connectivity index (χ4n) is 1.54. The zero-order chi connectivity index (χ0) is 12.5. The summed E-state index contributed by atoms with van der Waals surface area (Å²) in [6.45, 7) is 0. The van der Waals surface area contributed by atoms with Crippen molar-refractivity contribution in [2.24, 2.45) is 0 Å². The van der Waals surface area contributed by atoms with Crippen LogP contribution < -0.4 is 0 Å². The van der Waals surface area contributed by atoms with Gasteiger partial charge in [-0.3, -0.25) is 5.41 Å². The average Bonchev–Trinajstić information content (AvgIpc) is 2.68. The van der Waals surface area contributed by atoms with Gasteiger partial charge in [-0.05, 0) is 17.7 Å². The lowest BCUT2D eigenvalue weighted by atomic mass is 9.96. The molecule has 1 fully saturated rings. The molecule has 0 radical (unpaired) electrons. The van der Waals surface area contributed by atoms with Gasteiger partial charge in [0, 0.05) is 5.02 Å². The van der Waals surface area contributed by atoms with E-state index in [1.165, 1.54) is 0 Å². The summed E-state index contributed by atoms with van der Waals surface area (Å²) in [6, 6.07) is 10.5. The number of thioether (sulfide) groups is 1. The van der Waals surface area contributed by atoms with E-state index < -0.39 is 10.9 Å². The van der Waals surface area contributed by atoms with E-state index >= 15 is 0 Å². The highest BCUT2D eigenvalue weighted by Gasteiger charge is 2.51. The van der Waals surface area contributed by atoms with Gasteiger partial charge in [-0.1, -0.05) is 35.5 Å². The predicted molar refractivity (Wildman–Crippen MR) is 64.6 cm³/mol. The van der Waals surface area contributed by atoms with E-state index in [9.17, 15) is 0 Å². The summed E-state index contributed by atoms with van der Waals surface area (Å²) in [5.74, 6) is 0. The van der Waals surface area contributed by atoms with Crippen molar-refractivity contribution in [3.05, 3.63) is 34.9 Å². The third kappa shape index (κ3) is 1.95. The van der Waals surface area contributed by atoms with Crippen LogP contribution in [0, 0.1) is 28.1 Å². The lowest BCUT2D eigenvalue weighted by Crippen LogP contribution is -2.29. The molecule has 4 nitrogen and oxygen atoms in total. The van der Waals surface area contributed by atoms with Gasteiger partial charge in [-0.25, -0.2) is 0 Å². The second-order valence-corrected chi connectivity index (χ2v) is 4.91. The Balaban J connectivity index is 2.45. The first-order chi connectivity index (χ1) is 8.11. The van der Waals surface area contributed by atoms with E-state index in [0.29, 0.717) is 5.02 Å². The van der Waals surface area contributed by atoms with Crippen LogP contribution in [0.4, 0.5) is 0 Å². The molecular formula is C11H6ClN3OS. The minimum absolute atomic E-state index is 0.118. The Morgan fingerprint density at radius 2 is 1.88 bits per heavy atom. The van der Waals surface area contributed by atoms with Gasteiger partial charge < -0.3 is 4.74 Å². The number of benzene rings is 1. The molecule has 1 aliphatic rings. The Morgan fingerprint density at radius 3 is 2.41 bits per heavy atom. The van der Waals surface area contributed by atoms with Gasteiger partial charge in [-0.2, -0.15) is 10.5 Å². The molecule has 1 saturated heterocycles. The van der Waals surface area contributed by atoms with E-state index in [2.05, 4.69) is 0 Å². The second-order valence-electron chi connectivity index (χ2n) is 3.40. The molecule has 1 aliphatic heterocycles. The summed E-state index contributed by atoms with van der Waals surface area (Å²) in [6.07, 6.45) is 0. The van der Waals surface area contributed by atoms with Crippen molar-refractivity contribution in [3.63, 3.8) is 0 Å². The van der Waals surface area contributed by atoms with Gasteiger partial charge in [0.15, 0.2) is 0 Å². The number of ether oxygens (including phenoxy) is 1. The van der Waals surface area contributed by atoms with Crippen LogP contribution in [0.3, 0.4) is 0 Å². The van der Waals surface area contributed by atoms with Crippen LogP contribution in [-0.4, -0.2) is 10.8 Å². The molecule has 0 aliphatic carbocycles. The SMILES string of the molecule is N#CC1(C#N)OC(=N)SC1c1ccc(Cl)cc1. The van der Waals surface area contributed by atoms with Crippen LogP contribution in [0.5, 0.6) is 0 Å². The van der Waals surface area contributed by atoms with E-state index in [1.54, 1.807) is 24.3 Å². The zero-order valence-electron chi connectivity index (χ0n) is 8.48. The molecule has 1 aromatic carbocycles.